The Morgan fingerprint density at radius 2 is 2.07 bits per heavy atom. The molecule has 84 valence electrons. The summed E-state index contributed by atoms with van der Waals surface area (Å²) in [5.41, 5.74) is 6.00. The Balaban J connectivity index is 2.13. The Morgan fingerprint density at radius 1 is 1.47 bits per heavy atom. The lowest BCUT2D eigenvalue weighted by atomic mass is 9.87. The van der Waals surface area contributed by atoms with Crippen LogP contribution < -0.4 is 5.73 Å². The second-order valence-corrected chi connectivity index (χ2v) is 5.65. The molecule has 3 unspecified atom stereocenters. The quantitative estimate of drug-likeness (QED) is 0.811. The SMILES string of the molecule is CC1CC1c1noc(C(N)C(C)(C)C)n1. The van der Waals surface area contributed by atoms with Crippen LogP contribution in [-0.4, -0.2) is 10.1 Å². The Labute approximate surface area is 90.2 Å². The molecule has 0 amide bonds. The van der Waals surface area contributed by atoms with Crippen LogP contribution in [0.15, 0.2) is 4.52 Å². The minimum absolute atomic E-state index is 0.0427. The van der Waals surface area contributed by atoms with Crippen molar-refractivity contribution in [2.75, 3.05) is 0 Å². The largest absolute Gasteiger partial charge is 0.338 e. The molecule has 1 fully saturated rings. The van der Waals surface area contributed by atoms with Crippen molar-refractivity contribution in [3.8, 4) is 0 Å². The van der Waals surface area contributed by atoms with Crippen molar-refractivity contribution in [2.24, 2.45) is 17.1 Å². The van der Waals surface area contributed by atoms with Crippen LogP contribution in [0.1, 0.15) is 57.8 Å². The molecule has 1 aromatic rings. The number of hydrogen-bond acceptors (Lipinski definition) is 4. The number of rotatable bonds is 2. The highest BCUT2D eigenvalue weighted by atomic mass is 16.5. The predicted molar refractivity (Wildman–Crippen MR) is 57.2 cm³/mol. The van der Waals surface area contributed by atoms with E-state index in [0.29, 0.717) is 17.7 Å². The van der Waals surface area contributed by atoms with E-state index in [0.717, 1.165) is 5.82 Å². The third-order valence-corrected chi connectivity index (χ3v) is 3.10. The van der Waals surface area contributed by atoms with Gasteiger partial charge in [0.2, 0.25) is 5.89 Å². The zero-order chi connectivity index (χ0) is 11.2. The molecule has 3 atom stereocenters. The maximum absolute atomic E-state index is 6.04. The molecule has 1 heterocycles. The molecule has 15 heavy (non-hydrogen) atoms. The van der Waals surface area contributed by atoms with Gasteiger partial charge in [0.25, 0.3) is 0 Å². The van der Waals surface area contributed by atoms with Crippen LogP contribution in [0.5, 0.6) is 0 Å². The lowest BCUT2D eigenvalue weighted by Gasteiger charge is -2.23. The number of nitrogens with zero attached hydrogens (tertiary/aromatic N) is 2. The smallest absolute Gasteiger partial charge is 0.244 e. The summed E-state index contributed by atoms with van der Waals surface area (Å²) >= 11 is 0. The summed E-state index contributed by atoms with van der Waals surface area (Å²) in [4.78, 5) is 4.39. The molecule has 0 spiro atoms. The van der Waals surface area contributed by atoms with E-state index in [1.165, 1.54) is 6.42 Å². The van der Waals surface area contributed by atoms with E-state index >= 15 is 0 Å². The highest BCUT2D eigenvalue weighted by Crippen LogP contribution is 2.45. The first kappa shape index (κ1) is 10.6. The summed E-state index contributed by atoms with van der Waals surface area (Å²) in [6.07, 6.45) is 1.17. The van der Waals surface area contributed by atoms with Gasteiger partial charge in [-0.3, -0.25) is 0 Å². The molecular weight excluding hydrogens is 190 g/mol. The van der Waals surface area contributed by atoms with Gasteiger partial charge in [-0.05, 0) is 17.8 Å². The van der Waals surface area contributed by atoms with E-state index in [9.17, 15) is 0 Å². The van der Waals surface area contributed by atoms with Crippen LogP contribution >= 0.6 is 0 Å². The van der Waals surface area contributed by atoms with Crippen LogP contribution in [0, 0.1) is 11.3 Å². The predicted octanol–water partition coefficient (Wildman–Crippen LogP) is 2.24. The second-order valence-electron chi connectivity index (χ2n) is 5.65. The van der Waals surface area contributed by atoms with Gasteiger partial charge >= 0.3 is 0 Å². The fourth-order valence-electron chi connectivity index (χ4n) is 1.58. The van der Waals surface area contributed by atoms with Crippen LogP contribution in [0.4, 0.5) is 0 Å². The van der Waals surface area contributed by atoms with Crippen molar-refractivity contribution >= 4 is 0 Å². The Kier molecular flexibility index (Phi) is 2.34. The van der Waals surface area contributed by atoms with Gasteiger partial charge in [-0.25, -0.2) is 0 Å². The van der Waals surface area contributed by atoms with Gasteiger partial charge in [-0.2, -0.15) is 4.98 Å². The van der Waals surface area contributed by atoms with E-state index in [2.05, 4.69) is 37.8 Å². The van der Waals surface area contributed by atoms with E-state index < -0.39 is 0 Å². The Morgan fingerprint density at radius 3 is 2.53 bits per heavy atom. The maximum atomic E-state index is 6.04. The van der Waals surface area contributed by atoms with Crippen molar-refractivity contribution < 1.29 is 4.52 Å². The Bertz CT molecular complexity index is 353. The lowest BCUT2D eigenvalue weighted by Crippen LogP contribution is -2.26. The molecule has 0 saturated heterocycles. The molecule has 0 bridgehead atoms. The summed E-state index contributed by atoms with van der Waals surface area (Å²) < 4.78 is 5.22. The van der Waals surface area contributed by atoms with Crippen molar-refractivity contribution in [1.82, 2.24) is 10.1 Å². The van der Waals surface area contributed by atoms with Gasteiger partial charge in [0.05, 0.1) is 6.04 Å². The van der Waals surface area contributed by atoms with Crippen molar-refractivity contribution in [3.63, 3.8) is 0 Å². The van der Waals surface area contributed by atoms with Crippen molar-refractivity contribution in [2.45, 2.75) is 46.1 Å². The number of aromatic nitrogens is 2. The molecule has 0 aromatic carbocycles. The fraction of sp³-hybridized carbons (Fsp3) is 0.818. The average Bonchev–Trinajstić information content (AvgIpc) is 2.67. The molecule has 2 rings (SSSR count). The third-order valence-electron chi connectivity index (χ3n) is 3.10. The van der Waals surface area contributed by atoms with Gasteiger partial charge in [0, 0.05) is 5.92 Å². The van der Waals surface area contributed by atoms with Gasteiger partial charge in [-0.1, -0.05) is 32.9 Å². The molecule has 0 radical (unpaired) electrons. The van der Waals surface area contributed by atoms with Crippen molar-refractivity contribution in [3.05, 3.63) is 11.7 Å². The van der Waals surface area contributed by atoms with Crippen LogP contribution in [0.2, 0.25) is 0 Å². The van der Waals surface area contributed by atoms with Gasteiger partial charge in [-0.15, -0.1) is 0 Å². The minimum Gasteiger partial charge on any atom is -0.338 e. The molecule has 1 saturated carbocycles. The molecule has 4 nitrogen and oxygen atoms in total. The van der Waals surface area contributed by atoms with Gasteiger partial charge in [0.1, 0.15) is 0 Å². The molecule has 1 aliphatic carbocycles. The summed E-state index contributed by atoms with van der Waals surface area (Å²) in [6.45, 7) is 8.41. The topological polar surface area (TPSA) is 64.9 Å². The molecule has 2 N–H and O–H groups in total. The average molecular weight is 209 g/mol. The summed E-state index contributed by atoms with van der Waals surface area (Å²) in [7, 11) is 0. The van der Waals surface area contributed by atoms with Crippen LogP contribution in [-0.2, 0) is 0 Å². The number of nitrogens with two attached hydrogens (primary N) is 1. The highest BCUT2D eigenvalue weighted by molar-refractivity contribution is 5.09. The first-order valence-electron chi connectivity index (χ1n) is 5.48. The normalized spacial score (nSPS) is 27.8. The summed E-state index contributed by atoms with van der Waals surface area (Å²) in [5.74, 6) is 2.59. The van der Waals surface area contributed by atoms with E-state index in [1.54, 1.807) is 0 Å². The van der Waals surface area contributed by atoms with E-state index in [1.807, 2.05) is 0 Å². The monoisotopic (exact) mass is 209 g/mol. The molecule has 0 aliphatic heterocycles. The van der Waals surface area contributed by atoms with Crippen molar-refractivity contribution in [1.29, 1.82) is 0 Å². The highest BCUT2D eigenvalue weighted by Gasteiger charge is 2.39. The van der Waals surface area contributed by atoms with Gasteiger partial charge < -0.3 is 10.3 Å². The number of hydrogen-bond donors (Lipinski definition) is 1. The van der Waals surface area contributed by atoms with Crippen LogP contribution in [0.3, 0.4) is 0 Å². The fourth-order valence-corrected chi connectivity index (χ4v) is 1.58. The molecular formula is C11H19N3O. The lowest BCUT2D eigenvalue weighted by molar-refractivity contribution is 0.252. The maximum Gasteiger partial charge on any atom is 0.244 e. The zero-order valence-electron chi connectivity index (χ0n) is 9.82. The van der Waals surface area contributed by atoms with E-state index in [-0.39, 0.29) is 11.5 Å². The van der Waals surface area contributed by atoms with Crippen LogP contribution in [0.25, 0.3) is 0 Å². The summed E-state index contributed by atoms with van der Waals surface area (Å²) in [6, 6.07) is -0.187. The standard InChI is InChI=1S/C11H19N3O/c1-6-5-7(6)9-13-10(15-14-9)8(12)11(2,3)4/h6-8H,5,12H2,1-4H3. The first-order valence-corrected chi connectivity index (χ1v) is 5.48. The minimum atomic E-state index is -0.187. The molecule has 1 aromatic heterocycles. The van der Waals surface area contributed by atoms with E-state index in [4.69, 9.17) is 10.3 Å². The molecule has 4 heteroatoms. The summed E-state index contributed by atoms with van der Waals surface area (Å²) in [5, 5.41) is 4.00. The van der Waals surface area contributed by atoms with Gasteiger partial charge in [0.15, 0.2) is 5.82 Å². The zero-order valence-corrected chi connectivity index (χ0v) is 9.82. The third kappa shape index (κ3) is 2.04. The first-order chi connectivity index (χ1) is 6.89. The second kappa shape index (κ2) is 3.30. The molecule has 1 aliphatic rings. The Hall–Kier alpha value is -0.900.